The monoisotopic (exact) mass is 521 g/mol. The van der Waals surface area contributed by atoms with Crippen molar-refractivity contribution in [2.24, 2.45) is 4.99 Å². The third-order valence-electron chi connectivity index (χ3n) is 5.88. The van der Waals surface area contributed by atoms with Crippen LogP contribution in [0.5, 0.6) is 0 Å². The first kappa shape index (κ1) is 24.4. The van der Waals surface area contributed by atoms with Gasteiger partial charge in [-0.05, 0) is 48.5 Å². The average molecular weight is 522 g/mol. The Morgan fingerprint density at radius 3 is 2.50 bits per heavy atom. The Morgan fingerprint density at radius 1 is 1.00 bits per heavy atom. The molecule has 4 aromatic rings. The molecule has 0 amide bonds. The maximum absolute atomic E-state index is 12.5. The molecular formula is C27H24ClN3O4S. The number of aromatic nitrogens is 1. The SMILES string of the molecule is CS(=O)(=O)c1ccccc1N1CC(O)(COCc2ccc3ccccc3n2)N=C1c1ccc(Cl)cc1. The number of rotatable bonds is 7. The second-order valence-electron chi connectivity index (χ2n) is 8.74. The molecule has 1 aliphatic heterocycles. The van der Waals surface area contributed by atoms with Crippen LogP contribution < -0.4 is 4.90 Å². The van der Waals surface area contributed by atoms with E-state index < -0.39 is 15.6 Å². The van der Waals surface area contributed by atoms with Gasteiger partial charge < -0.3 is 14.7 Å². The van der Waals surface area contributed by atoms with Crippen LogP contribution in [0.25, 0.3) is 10.9 Å². The summed E-state index contributed by atoms with van der Waals surface area (Å²) in [6.45, 7) is 0.109. The van der Waals surface area contributed by atoms with E-state index in [4.69, 9.17) is 16.3 Å². The van der Waals surface area contributed by atoms with Gasteiger partial charge in [0.1, 0.15) is 5.84 Å². The molecular weight excluding hydrogens is 498 g/mol. The molecule has 1 atom stereocenters. The third kappa shape index (κ3) is 5.12. The van der Waals surface area contributed by atoms with Crippen molar-refractivity contribution in [3.63, 3.8) is 0 Å². The zero-order valence-corrected chi connectivity index (χ0v) is 21.1. The van der Waals surface area contributed by atoms with Crippen molar-refractivity contribution >= 4 is 43.9 Å². The molecule has 184 valence electrons. The summed E-state index contributed by atoms with van der Waals surface area (Å²) in [5.41, 5.74) is 1.12. The number of ether oxygens (including phenoxy) is 1. The fraction of sp³-hybridized carbons (Fsp3) is 0.185. The molecule has 1 N–H and O–H groups in total. The fourth-order valence-electron chi connectivity index (χ4n) is 4.22. The van der Waals surface area contributed by atoms with Gasteiger partial charge in [-0.25, -0.2) is 13.4 Å². The van der Waals surface area contributed by atoms with E-state index in [0.29, 0.717) is 22.1 Å². The Hall–Kier alpha value is -3.30. The normalized spacial score (nSPS) is 18.0. The Labute approximate surface area is 214 Å². The smallest absolute Gasteiger partial charge is 0.200 e. The number of hydrogen-bond acceptors (Lipinski definition) is 7. The van der Waals surface area contributed by atoms with Crippen molar-refractivity contribution in [1.29, 1.82) is 0 Å². The van der Waals surface area contributed by atoms with Crippen molar-refractivity contribution in [1.82, 2.24) is 4.98 Å². The van der Waals surface area contributed by atoms with Crippen LogP contribution in [0.15, 0.2) is 94.8 Å². The van der Waals surface area contributed by atoms with Crippen LogP contribution in [0.1, 0.15) is 11.3 Å². The Bertz CT molecular complexity index is 1560. The first-order chi connectivity index (χ1) is 17.2. The minimum absolute atomic E-state index is 0.0165. The second kappa shape index (κ2) is 9.63. The topological polar surface area (TPSA) is 92.1 Å². The lowest BCUT2D eigenvalue weighted by atomic mass is 10.1. The summed E-state index contributed by atoms with van der Waals surface area (Å²) in [6.07, 6.45) is 1.16. The Kier molecular flexibility index (Phi) is 6.53. The molecule has 3 aromatic carbocycles. The van der Waals surface area contributed by atoms with Gasteiger partial charge in [-0.3, -0.25) is 4.98 Å². The minimum Gasteiger partial charge on any atom is -0.370 e. The van der Waals surface area contributed by atoms with E-state index >= 15 is 0 Å². The summed E-state index contributed by atoms with van der Waals surface area (Å²) in [5.74, 6) is 0.428. The first-order valence-corrected chi connectivity index (χ1v) is 13.6. The number of aliphatic imine (C=N–C) groups is 1. The summed E-state index contributed by atoms with van der Waals surface area (Å²) in [6, 6.07) is 25.3. The number of aliphatic hydroxyl groups is 1. The van der Waals surface area contributed by atoms with Gasteiger partial charge >= 0.3 is 0 Å². The molecule has 7 nitrogen and oxygen atoms in total. The van der Waals surface area contributed by atoms with E-state index in [1.54, 1.807) is 53.4 Å². The van der Waals surface area contributed by atoms with Gasteiger partial charge in [-0.15, -0.1) is 0 Å². The molecule has 2 heterocycles. The third-order valence-corrected chi connectivity index (χ3v) is 7.27. The van der Waals surface area contributed by atoms with Gasteiger partial charge in [0.05, 0.1) is 41.6 Å². The zero-order chi connectivity index (χ0) is 25.3. The maximum Gasteiger partial charge on any atom is 0.200 e. The molecule has 9 heteroatoms. The van der Waals surface area contributed by atoms with Gasteiger partial charge in [0, 0.05) is 22.2 Å². The Morgan fingerprint density at radius 2 is 1.72 bits per heavy atom. The molecule has 0 saturated carbocycles. The molecule has 1 unspecified atom stereocenters. The van der Waals surface area contributed by atoms with E-state index in [2.05, 4.69) is 9.98 Å². The van der Waals surface area contributed by atoms with Crippen LogP contribution in [0.2, 0.25) is 5.02 Å². The molecule has 0 bridgehead atoms. The zero-order valence-electron chi connectivity index (χ0n) is 19.5. The number of pyridine rings is 1. The summed E-state index contributed by atoms with van der Waals surface area (Å²) in [7, 11) is -3.53. The van der Waals surface area contributed by atoms with Gasteiger partial charge in [0.25, 0.3) is 0 Å². The van der Waals surface area contributed by atoms with Crippen LogP contribution in [0.4, 0.5) is 5.69 Å². The van der Waals surface area contributed by atoms with E-state index in [9.17, 15) is 13.5 Å². The molecule has 1 aliphatic rings. The number of β-amino-alcohol motifs (C(OH)–C–C–N with tert-alkyl or cyclic N) is 1. The van der Waals surface area contributed by atoms with Crippen molar-refractivity contribution < 1.29 is 18.3 Å². The van der Waals surface area contributed by atoms with Gasteiger partial charge in [0.2, 0.25) is 0 Å². The van der Waals surface area contributed by atoms with Crippen LogP contribution in [-0.4, -0.2) is 49.5 Å². The molecule has 0 saturated heterocycles. The highest BCUT2D eigenvalue weighted by molar-refractivity contribution is 7.90. The van der Waals surface area contributed by atoms with Crippen molar-refractivity contribution in [3.05, 3.63) is 101 Å². The number of anilines is 1. The number of benzene rings is 3. The maximum atomic E-state index is 12.5. The quantitative estimate of drug-likeness (QED) is 0.386. The first-order valence-electron chi connectivity index (χ1n) is 11.3. The van der Waals surface area contributed by atoms with Crippen LogP contribution in [0, 0.1) is 0 Å². The number of nitrogens with zero attached hydrogens (tertiary/aromatic N) is 3. The fourth-order valence-corrected chi connectivity index (χ4v) is 5.23. The Balaban J connectivity index is 1.43. The lowest BCUT2D eigenvalue weighted by Crippen LogP contribution is -2.40. The number of amidine groups is 1. The molecule has 0 fully saturated rings. The molecule has 5 rings (SSSR count). The molecule has 1 aromatic heterocycles. The van der Waals surface area contributed by atoms with Gasteiger partial charge in [-0.2, -0.15) is 0 Å². The van der Waals surface area contributed by atoms with E-state index in [-0.39, 0.29) is 24.7 Å². The van der Waals surface area contributed by atoms with Gasteiger partial charge in [-0.1, -0.05) is 48.0 Å². The lowest BCUT2D eigenvalue weighted by molar-refractivity contribution is -0.0352. The number of hydrogen-bond donors (Lipinski definition) is 1. The van der Waals surface area contributed by atoms with Crippen molar-refractivity contribution in [2.75, 3.05) is 24.3 Å². The highest BCUT2D eigenvalue weighted by Gasteiger charge is 2.40. The van der Waals surface area contributed by atoms with E-state index in [1.165, 1.54) is 0 Å². The number of halogens is 1. The predicted octanol–water partition coefficient (Wildman–Crippen LogP) is 4.46. The van der Waals surface area contributed by atoms with Crippen molar-refractivity contribution in [3.8, 4) is 0 Å². The standard InChI is InChI=1S/C27H24ClN3O4S/c1-36(33,34)25-9-5-4-8-24(25)31-17-27(32,30-26(31)20-10-13-21(28)14-11-20)18-35-16-22-15-12-19-6-2-3-7-23(19)29-22/h2-15,32H,16-18H2,1H3. The highest BCUT2D eigenvalue weighted by atomic mass is 35.5. The summed E-state index contributed by atoms with van der Waals surface area (Å²) >= 11 is 6.07. The highest BCUT2D eigenvalue weighted by Crippen LogP contribution is 2.33. The van der Waals surface area contributed by atoms with Gasteiger partial charge in [0.15, 0.2) is 15.6 Å². The van der Waals surface area contributed by atoms with Crippen molar-refractivity contribution in [2.45, 2.75) is 17.2 Å². The molecule has 0 aliphatic carbocycles. The number of fused-ring (bicyclic) bond motifs is 1. The summed E-state index contributed by atoms with van der Waals surface area (Å²) in [4.78, 5) is 11.1. The minimum atomic E-state index is -3.53. The second-order valence-corrected chi connectivity index (χ2v) is 11.2. The number of para-hydroxylation sites is 2. The average Bonchev–Trinajstić information content (AvgIpc) is 3.21. The largest absolute Gasteiger partial charge is 0.370 e. The van der Waals surface area contributed by atoms with Crippen LogP contribution >= 0.6 is 11.6 Å². The summed E-state index contributed by atoms with van der Waals surface area (Å²) in [5, 5.41) is 13.0. The van der Waals surface area contributed by atoms with Crippen LogP contribution in [0.3, 0.4) is 0 Å². The molecule has 36 heavy (non-hydrogen) atoms. The number of sulfone groups is 1. The van der Waals surface area contributed by atoms with E-state index in [0.717, 1.165) is 22.9 Å². The molecule has 0 spiro atoms. The van der Waals surface area contributed by atoms with E-state index in [1.807, 2.05) is 36.4 Å². The summed E-state index contributed by atoms with van der Waals surface area (Å²) < 4.78 is 30.9. The predicted molar refractivity (Wildman–Crippen MR) is 141 cm³/mol. The molecule has 0 radical (unpaired) electrons. The van der Waals surface area contributed by atoms with Crippen LogP contribution in [-0.2, 0) is 21.2 Å². The lowest BCUT2D eigenvalue weighted by Gasteiger charge is -2.25.